The Balaban J connectivity index is 2.15. The third kappa shape index (κ3) is 3.19. The summed E-state index contributed by atoms with van der Waals surface area (Å²) in [4.78, 5) is 33.3. The van der Waals surface area contributed by atoms with Crippen molar-refractivity contribution in [3.8, 4) is 5.75 Å². The Morgan fingerprint density at radius 3 is 2.71 bits per heavy atom. The molecule has 0 saturated carbocycles. The molecule has 9 heteroatoms. The second-order valence-corrected chi connectivity index (χ2v) is 4.56. The number of nitro groups is 1. The number of carbonyl (C=O) groups is 2. The van der Waals surface area contributed by atoms with E-state index < -0.39 is 22.6 Å². The quantitative estimate of drug-likeness (QED) is 0.623. The summed E-state index contributed by atoms with van der Waals surface area (Å²) in [6.45, 7) is 0.563. The number of amides is 2. The maximum atomic E-state index is 11.2. The van der Waals surface area contributed by atoms with Gasteiger partial charge in [-0.25, -0.2) is 4.79 Å². The van der Waals surface area contributed by atoms with E-state index in [-0.39, 0.29) is 24.0 Å². The van der Waals surface area contributed by atoms with Crippen LogP contribution in [-0.4, -0.2) is 46.1 Å². The Labute approximate surface area is 119 Å². The summed E-state index contributed by atoms with van der Waals surface area (Å²) in [5.41, 5.74) is 4.47. The minimum atomic E-state index is -1.03. The lowest BCUT2D eigenvalue weighted by Gasteiger charge is -2.14. The third-order valence-corrected chi connectivity index (χ3v) is 3.15. The standard InChI is InChI=1S/C12H13N3O6/c13-11(16)9-5-7(1-2-10(9)15(19)20)21-8-3-4-14(6-8)12(17)18/h1-2,5,8H,3-4,6H2,(H2,13,16)(H,17,18). The number of nitro benzene ring substituents is 1. The van der Waals surface area contributed by atoms with Gasteiger partial charge in [-0.3, -0.25) is 14.9 Å². The number of hydrogen-bond acceptors (Lipinski definition) is 5. The summed E-state index contributed by atoms with van der Waals surface area (Å²) in [6.07, 6.45) is -0.874. The fourth-order valence-corrected chi connectivity index (χ4v) is 2.14. The van der Waals surface area contributed by atoms with Crippen LogP contribution >= 0.6 is 0 Å². The monoisotopic (exact) mass is 295 g/mol. The summed E-state index contributed by atoms with van der Waals surface area (Å²) in [5.74, 6) is -0.683. The van der Waals surface area contributed by atoms with Crippen LogP contribution in [0.4, 0.5) is 10.5 Å². The second-order valence-electron chi connectivity index (χ2n) is 4.56. The highest BCUT2D eigenvalue weighted by Gasteiger charge is 2.28. The van der Waals surface area contributed by atoms with E-state index in [1.807, 2.05) is 0 Å². The smallest absolute Gasteiger partial charge is 0.407 e. The van der Waals surface area contributed by atoms with E-state index >= 15 is 0 Å². The van der Waals surface area contributed by atoms with Gasteiger partial charge in [0, 0.05) is 19.0 Å². The summed E-state index contributed by atoms with van der Waals surface area (Å²) in [5, 5.41) is 19.6. The Hall–Kier alpha value is -2.84. The van der Waals surface area contributed by atoms with Crippen LogP contribution in [0.3, 0.4) is 0 Å². The number of likely N-dealkylation sites (tertiary alicyclic amines) is 1. The van der Waals surface area contributed by atoms with Crippen molar-refractivity contribution in [3.05, 3.63) is 33.9 Å². The lowest BCUT2D eigenvalue weighted by molar-refractivity contribution is -0.385. The summed E-state index contributed by atoms with van der Waals surface area (Å²) >= 11 is 0. The largest absolute Gasteiger partial charge is 0.488 e. The van der Waals surface area contributed by atoms with E-state index in [0.29, 0.717) is 13.0 Å². The van der Waals surface area contributed by atoms with Crippen molar-refractivity contribution in [1.82, 2.24) is 4.90 Å². The molecule has 1 fully saturated rings. The predicted octanol–water partition coefficient (Wildman–Crippen LogP) is 0.825. The first-order chi connectivity index (χ1) is 9.88. The Morgan fingerprint density at radius 2 is 2.19 bits per heavy atom. The predicted molar refractivity (Wildman–Crippen MR) is 70.2 cm³/mol. The number of nitrogens with two attached hydrogens (primary N) is 1. The molecule has 1 aliphatic rings. The Kier molecular flexibility index (Phi) is 3.92. The zero-order valence-corrected chi connectivity index (χ0v) is 10.9. The van der Waals surface area contributed by atoms with Gasteiger partial charge in [0.15, 0.2) is 0 Å². The molecule has 1 aromatic carbocycles. The van der Waals surface area contributed by atoms with Gasteiger partial charge in [-0.1, -0.05) is 0 Å². The van der Waals surface area contributed by atoms with E-state index in [0.717, 1.165) is 6.07 Å². The molecule has 0 aromatic heterocycles. The van der Waals surface area contributed by atoms with Crippen molar-refractivity contribution in [2.24, 2.45) is 5.73 Å². The summed E-state index contributed by atoms with van der Waals surface area (Å²) in [6, 6.07) is 3.69. The lowest BCUT2D eigenvalue weighted by Crippen LogP contribution is -2.29. The van der Waals surface area contributed by atoms with E-state index in [1.54, 1.807) is 0 Å². The maximum absolute atomic E-state index is 11.2. The van der Waals surface area contributed by atoms with Crippen molar-refractivity contribution in [3.63, 3.8) is 0 Å². The number of carboxylic acid groups (broad SMARTS) is 1. The summed E-state index contributed by atoms with van der Waals surface area (Å²) in [7, 11) is 0. The molecular formula is C12H13N3O6. The fraction of sp³-hybridized carbons (Fsp3) is 0.333. The molecule has 2 rings (SSSR count). The van der Waals surface area contributed by atoms with Gasteiger partial charge >= 0.3 is 6.09 Å². The first kappa shape index (κ1) is 14.6. The summed E-state index contributed by atoms with van der Waals surface area (Å²) < 4.78 is 5.55. The highest BCUT2D eigenvalue weighted by atomic mass is 16.6. The van der Waals surface area contributed by atoms with Gasteiger partial charge in [0.05, 0.1) is 11.5 Å². The molecule has 2 amide bonds. The van der Waals surface area contributed by atoms with Gasteiger partial charge in [0.1, 0.15) is 17.4 Å². The Bertz CT molecular complexity index is 603. The van der Waals surface area contributed by atoms with Gasteiger partial charge in [0.25, 0.3) is 11.6 Å². The number of primary amides is 1. The van der Waals surface area contributed by atoms with Crippen molar-refractivity contribution in [1.29, 1.82) is 0 Å². The lowest BCUT2D eigenvalue weighted by atomic mass is 10.1. The maximum Gasteiger partial charge on any atom is 0.407 e. The highest BCUT2D eigenvalue weighted by Crippen LogP contribution is 2.26. The molecule has 0 spiro atoms. The molecule has 0 aliphatic carbocycles. The molecule has 112 valence electrons. The first-order valence-corrected chi connectivity index (χ1v) is 6.11. The molecule has 1 atom stereocenters. The van der Waals surface area contributed by atoms with Gasteiger partial charge in [-0.05, 0) is 12.1 Å². The van der Waals surface area contributed by atoms with Crippen molar-refractivity contribution >= 4 is 17.7 Å². The molecule has 1 unspecified atom stereocenters. The highest BCUT2D eigenvalue weighted by molar-refractivity contribution is 5.97. The van der Waals surface area contributed by atoms with Gasteiger partial charge in [-0.2, -0.15) is 0 Å². The SMILES string of the molecule is NC(=O)c1cc(OC2CCN(C(=O)O)C2)ccc1[N+](=O)[O-]. The molecule has 1 aliphatic heterocycles. The molecule has 9 nitrogen and oxygen atoms in total. The topological polar surface area (TPSA) is 136 Å². The van der Waals surface area contributed by atoms with Crippen molar-refractivity contribution in [2.75, 3.05) is 13.1 Å². The van der Waals surface area contributed by atoms with Crippen molar-refractivity contribution < 1.29 is 24.4 Å². The van der Waals surface area contributed by atoms with Crippen LogP contribution in [-0.2, 0) is 0 Å². The number of nitrogens with zero attached hydrogens (tertiary/aromatic N) is 2. The number of carbonyl (C=O) groups excluding carboxylic acids is 1. The minimum Gasteiger partial charge on any atom is -0.488 e. The van der Waals surface area contributed by atoms with E-state index in [4.69, 9.17) is 15.6 Å². The average Bonchev–Trinajstić information content (AvgIpc) is 2.87. The Morgan fingerprint density at radius 1 is 1.48 bits per heavy atom. The molecule has 1 saturated heterocycles. The molecule has 3 N–H and O–H groups in total. The number of benzene rings is 1. The van der Waals surface area contributed by atoms with Crippen LogP contribution in [0.15, 0.2) is 18.2 Å². The van der Waals surface area contributed by atoms with Crippen LogP contribution in [0.2, 0.25) is 0 Å². The zero-order valence-electron chi connectivity index (χ0n) is 10.9. The normalized spacial score (nSPS) is 17.5. The van der Waals surface area contributed by atoms with Crippen LogP contribution in [0.1, 0.15) is 16.8 Å². The first-order valence-electron chi connectivity index (χ1n) is 6.11. The van der Waals surface area contributed by atoms with Gasteiger partial charge in [0.2, 0.25) is 0 Å². The molecule has 1 heterocycles. The molecule has 21 heavy (non-hydrogen) atoms. The number of ether oxygens (including phenoxy) is 1. The molecule has 1 aromatic rings. The minimum absolute atomic E-state index is 0.207. The van der Waals surface area contributed by atoms with E-state index in [9.17, 15) is 19.7 Å². The molecule has 0 radical (unpaired) electrons. The van der Waals surface area contributed by atoms with Crippen LogP contribution in [0.25, 0.3) is 0 Å². The third-order valence-electron chi connectivity index (χ3n) is 3.15. The van der Waals surface area contributed by atoms with Crippen LogP contribution < -0.4 is 10.5 Å². The molecule has 0 bridgehead atoms. The number of rotatable bonds is 4. The van der Waals surface area contributed by atoms with E-state index in [1.165, 1.54) is 17.0 Å². The second kappa shape index (κ2) is 5.65. The average molecular weight is 295 g/mol. The fourth-order valence-electron chi connectivity index (χ4n) is 2.14. The van der Waals surface area contributed by atoms with E-state index in [2.05, 4.69) is 0 Å². The number of hydrogen-bond donors (Lipinski definition) is 2. The van der Waals surface area contributed by atoms with Gasteiger partial charge in [-0.15, -0.1) is 0 Å². The zero-order chi connectivity index (χ0) is 15.6. The van der Waals surface area contributed by atoms with Crippen LogP contribution in [0, 0.1) is 10.1 Å². The molecular weight excluding hydrogens is 282 g/mol. The van der Waals surface area contributed by atoms with Gasteiger partial charge < -0.3 is 20.5 Å². The van der Waals surface area contributed by atoms with Crippen LogP contribution in [0.5, 0.6) is 5.75 Å². The van der Waals surface area contributed by atoms with Crippen molar-refractivity contribution in [2.45, 2.75) is 12.5 Å².